The van der Waals surface area contributed by atoms with E-state index in [0.29, 0.717) is 22.6 Å². The molecule has 0 fully saturated rings. The van der Waals surface area contributed by atoms with Crippen LogP contribution in [0.5, 0.6) is 23.0 Å². The molecule has 8 heteroatoms. The quantitative estimate of drug-likeness (QED) is 0.432. The fraction of sp³-hybridized carbons (Fsp3) is 0.0833. The second-order valence-corrected chi connectivity index (χ2v) is 7.78. The summed E-state index contributed by atoms with van der Waals surface area (Å²) in [4.78, 5) is 25.5. The third kappa shape index (κ3) is 2.95. The zero-order chi connectivity index (χ0) is 22.6. The fourth-order valence-corrected chi connectivity index (χ4v) is 4.44. The van der Waals surface area contributed by atoms with Gasteiger partial charge in [0, 0.05) is 0 Å². The molecule has 6 nitrogen and oxygen atoms in total. The monoisotopic (exact) mass is 468 g/mol. The molecule has 2 heterocycles. The van der Waals surface area contributed by atoms with E-state index >= 15 is 0 Å². The van der Waals surface area contributed by atoms with Crippen molar-refractivity contribution in [2.24, 2.45) is 0 Å². The molecular formula is C24H14Cl2O6. The highest BCUT2D eigenvalue weighted by Crippen LogP contribution is 2.37. The summed E-state index contributed by atoms with van der Waals surface area (Å²) < 4.78 is 21.3. The molecule has 0 aliphatic carbocycles. The Bertz CT molecular complexity index is 1310. The molecule has 0 bridgehead atoms. The zero-order valence-electron chi connectivity index (χ0n) is 16.8. The Hall–Kier alpha value is -3.48. The molecule has 5 rings (SSSR count). The number of carbonyl (C=O) groups is 2. The summed E-state index contributed by atoms with van der Waals surface area (Å²) in [5.74, 6) is 0.245. The number of benzene rings is 3. The van der Waals surface area contributed by atoms with Crippen molar-refractivity contribution in [3.05, 3.63) is 80.1 Å². The lowest BCUT2D eigenvalue weighted by Crippen LogP contribution is -2.15. The Morgan fingerprint density at radius 2 is 0.969 bits per heavy atom. The lowest BCUT2D eigenvalue weighted by molar-refractivity contribution is -0.128. The van der Waals surface area contributed by atoms with Gasteiger partial charge in [0.1, 0.15) is 11.5 Å². The van der Waals surface area contributed by atoms with E-state index in [2.05, 4.69) is 0 Å². The van der Waals surface area contributed by atoms with Crippen LogP contribution in [0, 0.1) is 0 Å². The second-order valence-electron chi connectivity index (χ2n) is 7.02. The van der Waals surface area contributed by atoms with Gasteiger partial charge in [-0.1, -0.05) is 47.5 Å². The third-order valence-electron chi connectivity index (χ3n) is 5.35. The largest absolute Gasteiger partial charge is 0.497 e. The van der Waals surface area contributed by atoms with Crippen molar-refractivity contribution in [3.63, 3.8) is 0 Å². The summed E-state index contributed by atoms with van der Waals surface area (Å²) in [5, 5.41) is 0.726. The Kier molecular flexibility index (Phi) is 4.84. The molecule has 0 amide bonds. The molecule has 0 saturated carbocycles. The number of hydrogen-bond donors (Lipinski definition) is 0. The maximum absolute atomic E-state index is 12.8. The van der Waals surface area contributed by atoms with Gasteiger partial charge in [-0.25, -0.2) is 9.59 Å². The number of rotatable bonds is 4. The van der Waals surface area contributed by atoms with Gasteiger partial charge in [0.15, 0.2) is 11.5 Å². The summed E-state index contributed by atoms with van der Waals surface area (Å²) >= 11 is 13.3. The van der Waals surface area contributed by atoms with E-state index in [-0.39, 0.29) is 43.1 Å². The van der Waals surface area contributed by atoms with Crippen LogP contribution < -0.4 is 29.4 Å². The molecule has 32 heavy (non-hydrogen) atoms. The molecule has 0 aromatic heterocycles. The molecule has 0 radical (unpaired) electrons. The van der Waals surface area contributed by atoms with Gasteiger partial charge in [0.05, 0.1) is 45.8 Å². The van der Waals surface area contributed by atoms with E-state index in [9.17, 15) is 9.59 Å². The molecule has 0 N–H and O–H groups in total. The first-order chi connectivity index (χ1) is 15.4. The Morgan fingerprint density at radius 3 is 1.28 bits per heavy atom. The standard InChI is InChI=1S/C24H14Cl2O6/c1-29-13-7-3-11(4-8-13)15-17-19(25)22-18(20(26)21(17)31-23(15)27)16(24(28)32-22)12-5-9-14(30-2)10-6-12/h3-10H,1-2H3. The van der Waals surface area contributed by atoms with Crippen LogP contribution in [0.25, 0.3) is 11.1 Å². The average molecular weight is 469 g/mol. The molecular weight excluding hydrogens is 455 g/mol. The normalized spacial score (nSPS) is 14.1. The molecule has 3 aromatic carbocycles. The smallest absolute Gasteiger partial charge is 0.345 e. The van der Waals surface area contributed by atoms with Crippen LogP contribution in [-0.2, 0) is 9.59 Å². The number of methoxy groups -OCH3 is 2. The van der Waals surface area contributed by atoms with Crippen LogP contribution >= 0.6 is 23.2 Å². The van der Waals surface area contributed by atoms with Crippen LogP contribution in [0.1, 0.15) is 11.1 Å². The van der Waals surface area contributed by atoms with Crippen molar-refractivity contribution in [2.45, 2.75) is 0 Å². The summed E-state index contributed by atoms with van der Waals surface area (Å²) in [5.41, 5.74) is 1.59. The van der Waals surface area contributed by atoms with Gasteiger partial charge >= 0.3 is 11.9 Å². The van der Waals surface area contributed by atoms with Crippen molar-refractivity contribution in [1.82, 2.24) is 0 Å². The Morgan fingerprint density at radius 1 is 0.625 bits per heavy atom. The number of fused-ring (bicyclic) bond motifs is 2. The molecule has 160 valence electrons. The first kappa shape index (κ1) is 20.4. The third-order valence-corrected chi connectivity index (χ3v) is 6.07. The summed E-state index contributed by atoms with van der Waals surface area (Å²) in [7, 11) is 3.10. The highest BCUT2D eigenvalue weighted by Gasteiger charge is 2.36. The maximum Gasteiger partial charge on any atom is 0.345 e. The van der Waals surface area contributed by atoms with E-state index in [1.807, 2.05) is 0 Å². The van der Waals surface area contributed by atoms with Gasteiger partial charge in [0.2, 0.25) is 0 Å². The van der Waals surface area contributed by atoms with E-state index in [1.54, 1.807) is 62.8 Å². The highest BCUT2D eigenvalue weighted by molar-refractivity contribution is 6.39. The number of hydrogen-bond acceptors (Lipinski definition) is 6. The van der Waals surface area contributed by atoms with Crippen molar-refractivity contribution >= 4 is 46.3 Å². The van der Waals surface area contributed by atoms with E-state index in [1.165, 1.54) is 0 Å². The van der Waals surface area contributed by atoms with Crippen LogP contribution in [0.4, 0.5) is 0 Å². The van der Waals surface area contributed by atoms with Crippen molar-refractivity contribution in [3.8, 4) is 23.0 Å². The first-order valence-electron chi connectivity index (χ1n) is 9.47. The SMILES string of the molecule is COc1ccc(C2=c3c(Cl)c4c(c(Cl)c3OC2=O)=C(c2ccc(OC)cc2)C(=O)O4)cc1. The summed E-state index contributed by atoms with van der Waals surface area (Å²) in [6.07, 6.45) is 0. The van der Waals surface area contributed by atoms with Crippen LogP contribution in [0.3, 0.4) is 0 Å². The maximum atomic E-state index is 12.8. The summed E-state index contributed by atoms with van der Waals surface area (Å²) in [6, 6.07) is 13.7. The minimum absolute atomic E-state index is 0.0768. The van der Waals surface area contributed by atoms with Crippen LogP contribution in [0.2, 0.25) is 10.0 Å². The van der Waals surface area contributed by atoms with Gasteiger partial charge in [-0.3, -0.25) is 0 Å². The molecule has 3 aromatic rings. The first-order valence-corrected chi connectivity index (χ1v) is 10.2. The lowest BCUT2D eigenvalue weighted by Gasteiger charge is -2.05. The second kappa shape index (κ2) is 7.58. The number of ether oxygens (including phenoxy) is 4. The van der Waals surface area contributed by atoms with E-state index in [4.69, 9.17) is 42.1 Å². The minimum Gasteiger partial charge on any atom is -0.497 e. The zero-order valence-corrected chi connectivity index (χ0v) is 18.3. The molecule has 0 saturated heterocycles. The molecule has 0 spiro atoms. The van der Waals surface area contributed by atoms with Gasteiger partial charge in [0.25, 0.3) is 0 Å². The topological polar surface area (TPSA) is 71.1 Å². The van der Waals surface area contributed by atoms with Gasteiger partial charge in [-0.05, 0) is 35.4 Å². The average Bonchev–Trinajstić information content (AvgIpc) is 3.35. The summed E-state index contributed by atoms with van der Waals surface area (Å²) in [6.45, 7) is 0. The number of halogens is 2. The number of carbonyl (C=O) groups excluding carboxylic acids is 2. The van der Waals surface area contributed by atoms with Gasteiger partial charge in [-0.2, -0.15) is 0 Å². The Balaban J connectivity index is 1.81. The van der Waals surface area contributed by atoms with Crippen molar-refractivity contribution < 1.29 is 28.5 Å². The molecule has 0 atom stereocenters. The van der Waals surface area contributed by atoms with Crippen LogP contribution in [0.15, 0.2) is 48.5 Å². The molecule has 2 aliphatic rings. The van der Waals surface area contributed by atoms with Gasteiger partial charge in [-0.15, -0.1) is 0 Å². The molecule has 2 aliphatic heterocycles. The predicted octanol–water partition coefficient (Wildman–Crippen LogP) is 3.25. The minimum atomic E-state index is -0.602. The van der Waals surface area contributed by atoms with E-state index < -0.39 is 11.9 Å². The van der Waals surface area contributed by atoms with Crippen LogP contribution in [-0.4, -0.2) is 26.2 Å². The lowest BCUT2D eigenvalue weighted by atomic mass is 10.0. The predicted molar refractivity (Wildman–Crippen MR) is 118 cm³/mol. The Labute approximate surface area is 192 Å². The fourth-order valence-electron chi connectivity index (χ4n) is 3.82. The number of esters is 2. The van der Waals surface area contributed by atoms with Crippen molar-refractivity contribution in [2.75, 3.05) is 14.2 Å². The van der Waals surface area contributed by atoms with E-state index in [0.717, 1.165) is 0 Å². The van der Waals surface area contributed by atoms with Crippen molar-refractivity contribution in [1.29, 1.82) is 0 Å². The highest BCUT2D eigenvalue weighted by atomic mass is 35.5. The molecule has 0 unspecified atom stereocenters. The van der Waals surface area contributed by atoms with Gasteiger partial charge < -0.3 is 18.9 Å².